The van der Waals surface area contributed by atoms with Gasteiger partial charge in [0, 0.05) is 18.9 Å². The number of alkyl carbamates (subject to hydrolysis) is 1. The number of carboxylic acid groups (broad SMARTS) is 1. The van der Waals surface area contributed by atoms with E-state index in [1.54, 1.807) is 13.8 Å². The van der Waals surface area contributed by atoms with E-state index in [4.69, 9.17) is 4.74 Å². The molecule has 4 amide bonds. The number of carboxylic acids is 1. The number of nitrogens with one attached hydrogen (secondary N) is 4. The fraction of sp³-hybridized carbons (Fsp3) is 0.500. The van der Waals surface area contributed by atoms with Gasteiger partial charge in [0.05, 0.1) is 6.61 Å². The van der Waals surface area contributed by atoms with Gasteiger partial charge in [-0.05, 0) is 42.9 Å². The summed E-state index contributed by atoms with van der Waals surface area (Å²) in [4.78, 5) is 63.6. The van der Waals surface area contributed by atoms with Crippen LogP contribution in [-0.2, 0) is 30.5 Å². The van der Waals surface area contributed by atoms with Crippen molar-refractivity contribution in [3.63, 3.8) is 0 Å². The van der Waals surface area contributed by atoms with E-state index < -0.39 is 65.8 Å². The van der Waals surface area contributed by atoms with Crippen molar-refractivity contribution in [3.05, 3.63) is 60.2 Å². The molecule has 2 rings (SSSR count). The summed E-state index contributed by atoms with van der Waals surface area (Å²) in [6.07, 6.45) is 1.58. The van der Waals surface area contributed by atoms with E-state index in [1.165, 1.54) is 13.8 Å². The van der Waals surface area contributed by atoms with Gasteiger partial charge < -0.3 is 36.2 Å². The van der Waals surface area contributed by atoms with Gasteiger partial charge in [0.1, 0.15) is 24.2 Å². The highest BCUT2D eigenvalue weighted by molar-refractivity contribution is 5.94. The van der Waals surface area contributed by atoms with E-state index in [9.17, 15) is 34.2 Å². The Kier molecular flexibility index (Phi) is 15.2. The Balaban J connectivity index is 2.07. The van der Waals surface area contributed by atoms with Gasteiger partial charge >= 0.3 is 12.1 Å². The highest BCUT2D eigenvalue weighted by atomic mass is 16.5. The summed E-state index contributed by atoms with van der Waals surface area (Å²) in [7, 11) is 0. The fourth-order valence-corrected chi connectivity index (χ4v) is 4.84. The molecule has 0 radical (unpaired) electrons. The molecule has 0 fully saturated rings. The van der Waals surface area contributed by atoms with Gasteiger partial charge in [-0.15, -0.1) is 0 Å². The summed E-state index contributed by atoms with van der Waals surface area (Å²) < 4.78 is 5.38. The summed E-state index contributed by atoms with van der Waals surface area (Å²) in [6, 6.07) is 14.8. The smallest absolute Gasteiger partial charge is 0.408 e. The molecule has 0 saturated carbocycles. The standard InChI is InChI=1S/C34H48N4O8/c1-6-7-9-18-28(40)38-34(5,32(44)37-29(22(2)3)31(42)43)26(20-39)19-35-30(41)23(4)36-33(45)46-21-25-16-12-13-17-27(25)24-14-10-8-11-15-24/h8,10-17,22-23,26,29,39H,6-7,9,18-21H2,1-5H3,(H,35,41)(H,36,45)(H,37,44)(H,38,40)(H,42,43)/t23-,26?,29?,34+/m0/s1. The van der Waals surface area contributed by atoms with Gasteiger partial charge in [0.25, 0.3) is 0 Å². The zero-order valence-corrected chi connectivity index (χ0v) is 27.3. The average Bonchev–Trinajstić information content (AvgIpc) is 3.02. The number of carbonyl (C=O) groups excluding carboxylic acids is 4. The van der Waals surface area contributed by atoms with Crippen LogP contribution in [0, 0.1) is 11.8 Å². The largest absolute Gasteiger partial charge is 0.480 e. The van der Waals surface area contributed by atoms with Crippen molar-refractivity contribution >= 4 is 29.8 Å². The lowest BCUT2D eigenvalue weighted by Crippen LogP contribution is -2.66. The van der Waals surface area contributed by atoms with E-state index >= 15 is 0 Å². The topological polar surface area (TPSA) is 183 Å². The molecule has 0 saturated heterocycles. The van der Waals surface area contributed by atoms with Crippen molar-refractivity contribution in [2.45, 2.75) is 84.5 Å². The number of aliphatic carboxylic acids is 1. The molecule has 4 atom stereocenters. The van der Waals surface area contributed by atoms with Crippen LogP contribution >= 0.6 is 0 Å². The van der Waals surface area contributed by atoms with Gasteiger partial charge in [-0.3, -0.25) is 14.4 Å². The first-order valence-corrected chi connectivity index (χ1v) is 15.6. The Morgan fingerprint density at radius 2 is 1.57 bits per heavy atom. The molecule has 46 heavy (non-hydrogen) atoms. The van der Waals surface area contributed by atoms with Crippen LogP contribution in [0.1, 0.15) is 65.9 Å². The van der Waals surface area contributed by atoms with Crippen molar-refractivity contribution < 1.29 is 38.9 Å². The van der Waals surface area contributed by atoms with E-state index in [1.807, 2.05) is 61.5 Å². The second-order valence-corrected chi connectivity index (χ2v) is 11.8. The molecule has 0 spiro atoms. The Labute approximate surface area is 270 Å². The molecule has 0 aliphatic carbocycles. The number of hydrogen-bond donors (Lipinski definition) is 6. The van der Waals surface area contributed by atoms with Gasteiger partial charge in [-0.2, -0.15) is 0 Å². The molecular formula is C34H48N4O8. The second kappa shape index (κ2) is 18.5. The fourth-order valence-electron chi connectivity index (χ4n) is 4.84. The highest BCUT2D eigenvalue weighted by Crippen LogP contribution is 2.24. The minimum Gasteiger partial charge on any atom is -0.480 e. The number of rotatable bonds is 18. The summed E-state index contributed by atoms with van der Waals surface area (Å²) in [5, 5.41) is 30.1. The maximum atomic E-state index is 13.5. The maximum Gasteiger partial charge on any atom is 0.408 e. The number of hydrogen-bond acceptors (Lipinski definition) is 7. The molecule has 0 aromatic heterocycles. The minimum absolute atomic E-state index is 0.0308. The van der Waals surface area contributed by atoms with Crippen LogP contribution in [0.2, 0.25) is 0 Å². The molecular weight excluding hydrogens is 592 g/mol. The third-order valence-corrected chi connectivity index (χ3v) is 7.85. The maximum absolute atomic E-state index is 13.5. The lowest BCUT2D eigenvalue weighted by molar-refractivity contribution is -0.145. The third kappa shape index (κ3) is 11.2. The lowest BCUT2D eigenvalue weighted by Gasteiger charge is -2.37. The Morgan fingerprint density at radius 3 is 2.17 bits per heavy atom. The molecule has 252 valence electrons. The Bertz CT molecular complexity index is 1320. The number of amides is 4. The minimum atomic E-state index is -1.77. The van der Waals surface area contributed by atoms with Crippen LogP contribution in [0.25, 0.3) is 11.1 Å². The number of aliphatic hydroxyl groups is 1. The van der Waals surface area contributed by atoms with Crippen molar-refractivity contribution in [2.75, 3.05) is 13.2 Å². The predicted octanol–water partition coefficient (Wildman–Crippen LogP) is 3.37. The van der Waals surface area contributed by atoms with Gasteiger partial charge in [0.15, 0.2) is 0 Å². The monoisotopic (exact) mass is 640 g/mol. The summed E-state index contributed by atoms with van der Waals surface area (Å²) >= 11 is 0. The van der Waals surface area contributed by atoms with Gasteiger partial charge in [-0.1, -0.05) is 88.2 Å². The second-order valence-electron chi connectivity index (χ2n) is 11.8. The Hall–Kier alpha value is -4.45. The van der Waals surface area contributed by atoms with Crippen LogP contribution in [0.5, 0.6) is 0 Å². The first kappa shape index (κ1) is 37.7. The summed E-state index contributed by atoms with van der Waals surface area (Å²) in [5.41, 5.74) is 0.886. The van der Waals surface area contributed by atoms with Crippen LogP contribution in [0.4, 0.5) is 4.79 Å². The molecule has 2 aromatic carbocycles. The molecule has 12 nitrogen and oxygen atoms in total. The molecule has 0 bridgehead atoms. The van der Waals surface area contributed by atoms with E-state index in [0.717, 1.165) is 29.5 Å². The van der Waals surface area contributed by atoms with Gasteiger partial charge in [0.2, 0.25) is 17.7 Å². The van der Waals surface area contributed by atoms with Crippen LogP contribution < -0.4 is 21.3 Å². The quantitative estimate of drug-likeness (QED) is 0.134. The number of unbranched alkanes of at least 4 members (excludes halogenated alkanes) is 2. The Morgan fingerprint density at radius 1 is 0.913 bits per heavy atom. The average molecular weight is 641 g/mol. The molecule has 6 N–H and O–H groups in total. The molecule has 2 aromatic rings. The van der Waals surface area contributed by atoms with Crippen molar-refractivity contribution in [2.24, 2.45) is 11.8 Å². The van der Waals surface area contributed by atoms with Crippen LogP contribution in [0.15, 0.2) is 54.6 Å². The van der Waals surface area contributed by atoms with Crippen molar-refractivity contribution in [1.29, 1.82) is 0 Å². The SMILES string of the molecule is CCCCCC(=O)N[C@@](C)(C(=O)NC(C(=O)O)C(C)C)C(CO)CNC(=O)[C@H](C)NC(=O)OCc1ccccc1-c1ccccc1. The van der Waals surface area contributed by atoms with Crippen molar-refractivity contribution in [3.8, 4) is 11.1 Å². The normalized spacial score (nSPS) is 14.2. The zero-order valence-electron chi connectivity index (χ0n) is 27.3. The lowest BCUT2D eigenvalue weighted by atomic mass is 9.83. The number of benzene rings is 2. The molecule has 0 aliphatic heterocycles. The summed E-state index contributed by atoms with van der Waals surface area (Å²) in [5.74, 6) is -4.62. The molecule has 0 aliphatic rings. The third-order valence-electron chi connectivity index (χ3n) is 7.85. The molecule has 2 unspecified atom stereocenters. The zero-order chi connectivity index (χ0) is 34.3. The number of aliphatic hydroxyl groups excluding tert-OH is 1. The molecule has 12 heteroatoms. The van der Waals surface area contributed by atoms with Crippen LogP contribution in [0.3, 0.4) is 0 Å². The predicted molar refractivity (Wildman–Crippen MR) is 173 cm³/mol. The summed E-state index contributed by atoms with van der Waals surface area (Å²) in [6.45, 7) is 7.16. The van der Waals surface area contributed by atoms with Crippen molar-refractivity contribution in [1.82, 2.24) is 21.3 Å². The van der Waals surface area contributed by atoms with Gasteiger partial charge in [-0.25, -0.2) is 9.59 Å². The first-order chi connectivity index (χ1) is 21.8. The van der Waals surface area contributed by atoms with E-state index in [2.05, 4.69) is 21.3 Å². The number of ether oxygens (including phenoxy) is 1. The van der Waals surface area contributed by atoms with Crippen LogP contribution in [-0.4, -0.2) is 70.8 Å². The highest BCUT2D eigenvalue weighted by Gasteiger charge is 2.44. The van der Waals surface area contributed by atoms with E-state index in [-0.39, 0.29) is 19.6 Å². The number of carbonyl (C=O) groups is 5. The first-order valence-electron chi connectivity index (χ1n) is 15.6. The molecule has 0 heterocycles. The van der Waals surface area contributed by atoms with E-state index in [0.29, 0.717) is 6.42 Å².